The van der Waals surface area contributed by atoms with Crippen molar-refractivity contribution < 1.29 is 12.8 Å². The predicted octanol–water partition coefficient (Wildman–Crippen LogP) is 4.57. The van der Waals surface area contributed by atoms with E-state index in [1.807, 2.05) is 0 Å². The summed E-state index contributed by atoms with van der Waals surface area (Å²) in [6.45, 7) is 1.80. The van der Waals surface area contributed by atoms with Crippen LogP contribution in [0.3, 0.4) is 0 Å². The molecular weight excluding hydrogens is 425 g/mol. The van der Waals surface area contributed by atoms with Crippen LogP contribution in [0, 0.1) is 5.82 Å². The monoisotopic (exact) mass is 435 g/mol. The molecule has 0 N–H and O–H groups in total. The SMILES string of the molecule is CCN(c1ccc(Br)cc1F)S(=O)(=O)c1ccc(Br)cc1. The topological polar surface area (TPSA) is 37.4 Å². The smallest absolute Gasteiger partial charge is 0.264 e. The second-order valence-electron chi connectivity index (χ2n) is 4.22. The first-order valence-electron chi connectivity index (χ1n) is 6.09. The third-order valence-corrected chi connectivity index (χ3v) is 5.79. The minimum absolute atomic E-state index is 0.0311. The Kier molecular flexibility index (Phi) is 5.06. The maximum atomic E-state index is 14.1. The Balaban J connectivity index is 2.51. The van der Waals surface area contributed by atoms with Crippen molar-refractivity contribution in [2.75, 3.05) is 10.8 Å². The van der Waals surface area contributed by atoms with Gasteiger partial charge in [-0.1, -0.05) is 31.9 Å². The Bertz CT molecular complexity index is 748. The van der Waals surface area contributed by atoms with Gasteiger partial charge in [-0.3, -0.25) is 4.31 Å². The van der Waals surface area contributed by atoms with Crippen LogP contribution in [-0.2, 0) is 10.0 Å². The Labute approximate surface area is 140 Å². The Hall–Kier alpha value is -0.920. The van der Waals surface area contributed by atoms with Crippen molar-refractivity contribution in [1.82, 2.24) is 0 Å². The molecule has 0 saturated carbocycles. The molecule has 0 saturated heterocycles. The molecule has 3 nitrogen and oxygen atoms in total. The number of nitrogens with zero attached hydrogens (tertiary/aromatic N) is 1. The van der Waals surface area contributed by atoms with Gasteiger partial charge in [-0.25, -0.2) is 12.8 Å². The van der Waals surface area contributed by atoms with Crippen LogP contribution in [-0.4, -0.2) is 15.0 Å². The summed E-state index contributed by atoms with van der Waals surface area (Å²) in [5.74, 6) is -0.591. The summed E-state index contributed by atoms with van der Waals surface area (Å²) in [6.07, 6.45) is 0. The first kappa shape index (κ1) is 16.5. The highest BCUT2D eigenvalue weighted by Crippen LogP contribution is 2.28. The van der Waals surface area contributed by atoms with Gasteiger partial charge in [-0.05, 0) is 49.4 Å². The molecule has 0 unspecified atom stereocenters. The number of hydrogen-bond acceptors (Lipinski definition) is 2. The lowest BCUT2D eigenvalue weighted by atomic mass is 10.3. The summed E-state index contributed by atoms with van der Waals surface area (Å²) in [4.78, 5) is 0.120. The summed E-state index contributed by atoms with van der Waals surface area (Å²) in [5, 5.41) is 0. The molecule has 2 aromatic rings. The molecule has 2 aromatic carbocycles. The molecule has 0 spiro atoms. The van der Waals surface area contributed by atoms with Gasteiger partial charge < -0.3 is 0 Å². The van der Waals surface area contributed by atoms with Gasteiger partial charge >= 0.3 is 0 Å². The zero-order valence-electron chi connectivity index (χ0n) is 11.1. The van der Waals surface area contributed by atoms with Crippen LogP contribution in [0.15, 0.2) is 56.3 Å². The van der Waals surface area contributed by atoms with Crippen molar-refractivity contribution >= 4 is 47.6 Å². The fraction of sp³-hybridized carbons (Fsp3) is 0.143. The van der Waals surface area contributed by atoms with Crippen LogP contribution < -0.4 is 4.31 Å². The van der Waals surface area contributed by atoms with Crippen molar-refractivity contribution in [3.63, 3.8) is 0 Å². The van der Waals surface area contributed by atoms with Crippen molar-refractivity contribution in [2.45, 2.75) is 11.8 Å². The Morgan fingerprint density at radius 1 is 1.05 bits per heavy atom. The van der Waals surface area contributed by atoms with E-state index in [1.165, 1.54) is 24.3 Å². The van der Waals surface area contributed by atoms with E-state index in [0.29, 0.717) is 4.47 Å². The highest BCUT2D eigenvalue weighted by molar-refractivity contribution is 9.10. The van der Waals surface area contributed by atoms with Gasteiger partial charge in [0.2, 0.25) is 0 Å². The molecule has 0 radical (unpaired) electrons. The molecule has 112 valence electrons. The van der Waals surface area contributed by atoms with Crippen LogP contribution in [0.1, 0.15) is 6.92 Å². The van der Waals surface area contributed by atoms with E-state index in [2.05, 4.69) is 31.9 Å². The number of anilines is 1. The molecule has 0 aliphatic heterocycles. The van der Waals surface area contributed by atoms with Crippen LogP contribution in [0.5, 0.6) is 0 Å². The number of hydrogen-bond donors (Lipinski definition) is 0. The summed E-state index contributed by atoms with van der Waals surface area (Å²) in [6, 6.07) is 10.5. The molecule has 0 fully saturated rings. The summed E-state index contributed by atoms with van der Waals surface area (Å²) >= 11 is 6.41. The van der Waals surface area contributed by atoms with Gasteiger partial charge in [0.25, 0.3) is 10.0 Å². The van der Waals surface area contributed by atoms with Crippen LogP contribution in [0.4, 0.5) is 10.1 Å². The van der Waals surface area contributed by atoms with E-state index < -0.39 is 15.8 Å². The summed E-state index contributed by atoms with van der Waals surface area (Å²) in [7, 11) is -3.80. The quantitative estimate of drug-likeness (QED) is 0.704. The minimum atomic E-state index is -3.80. The van der Waals surface area contributed by atoms with E-state index in [1.54, 1.807) is 25.1 Å². The first-order valence-corrected chi connectivity index (χ1v) is 9.12. The fourth-order valence-electron chi connectivity index (χ4n) is 1.89. The number of halogens is 3. The van der Waals surface area contributed by atoms with Crippen molar-refractivity contribution in [2.24, 2.45) is 0 Å². The van der Waals surface area contributed by atoms with E-state index in [0.717, 1.165) is 8.78 Å². The van der Waals surface area contributed by atoms with E-state index in [9.17, 15) is 12.8 Å². The lowest BCUT2D eigenvalue weighted by molar-refractivity contribution is 0.586. The zero-order valence-corrected chi connectivity index (χ0v) is 15.0. The summed E-state index contributed by atoms with van der Waals surface area (Å²) in [5.41, 5.74) is 0.0311. The van der Waals surface area contributed by atoms with Gasteiger partial charge in [0, 0.05) is 15.5 Å². The average molecular weight is 437 g/mol. The second-order valence-corrected chi connectivity index (χ2v) is 7.91. The Morgan fingerprint density at radius 2 is 1.62 bits per heavy atom. The molecular formula is C14H12Br2FNO2S. The normalized spacial score (nSPS) is 11.4. The van der Waals surface area contributed by atoms with Crippen molar-refractivity contribution in [3.05, 3.63) is 57.2 Å². The lowest BCUT2D eigenvalue weighted by Crippen LogP contribution is -2.31. The molecule has 21 heavy (non-hydrogen) atoms. The molecule has 0 atom stereocenters. The third kappa shape index (κ3) is 3.46. The first-order chi connectivity index (χ1) is 9.86. The van der Waals surface area contributed by atoms with Crippen LogP contribution in [0.2, 0.25) is 0 Å². The average Bonchev–Trinajstić information content (AvgIpc) is 2.42. The van der Waals surface area contributed by atoms with Crippen LogP contribution in [0.25, 0.3) is 0 Å². The van der Waals surface area contributed by atoms with Crippen LogP contribution >= 0.6 is 31.9 Å². The number of benzene rings is 2. The molecule has 7 heteroatoms. The lowest BCUT2D eigenvalue weighted by Gasteiger charge is -2.23. The molecule has 0 aliphatic carbocycles. The second kappa shape index (κ2) is 6.46. The van der Waals surface area contributed by atoms with Crippen molar-refractivity contribution in [1.29, 1.82) is 0 Å². The van der Waals surface area contributed by atoms with E-state index in [-0.39, 0.29) is 17.1 Å². The molecule has 0 bridgehead atoms. The van der Waals surface area contributed by atoms with Gasteiger partial charge in [0.15, 0.2) is 0 Å². The molecule has 0 aromatic heterocycles. The standard InChI is InChI=1S/C14H12Br2FNO2S/c1-2-18(14-8-5-11(16)9-13(14)17)21(19,20)12-6-3-10(15)4-7-12/h3-9H,2H2,1H3. The number of sulfonamides is 1. The highest BCUT2D eigenvalue weighted by atomic mass is 79.9. The minimum Gasteiger partial charge on any atom is -0.264 e. The predicted molar refractivity (Wildman–Crippen MR) is 88.4 cm³/mol. The molecule has 0 heterocycles. The molecule has 2 rings (SSSR count). The fourth-order valence-corrected chi connectivity index (χ4v) is 3.97. The van der Waals surface area contributed by atoms with E-state index >= 15 is 0 Å². The van der Waals surface area contributed by atoms with Gasteiger partial charge in [0.05, 0.1) is 10.6 Å². The van der Waals surface area contributed by atoms with Crippen molar-refractivity contribution in [3.8, 4) is 0 Å². The Morgan fingerprint density at radius 3 is 2.14 bits per heavy atom. The molecule has 0 amide bonds. The summed E-state index contributed by atoms with van der Waals surface area (Å²) < 4.78 is 41.7. The van der Waals surface area contributed by atoms with E-state index in [4.69, 9.17) is 0 Å². The van der Waals surface area contributed by atoms with Gasteiger partial charge in [-0.2, -0.15) is 0 Å². The zero-order chi connectivity index (χ0) is 15.6. The largest absolute Gasteiger partial charge is 0.264 e. The number of rotatable bonds is 4. The third-order valence-electron chi connectivity index (χ3n) is 2.87. The van der Waals surface area contributed by atoms with Gasteiger partial charge in [-0.15, -0.1) is 0 Å². The highest BCUT2D eigenvalue weighted by Gasteiger charge is 2.25. The molecule has 0 aliphatic rings. The maximum Gasteiger partial charge on any atom is 0.264 e. The maximum absolute atomic E-state index is 14.1. The van der Waals surface area contributed by atoms with Gasteiger partial charge in [0.1, 0.15) is 5.82 Å².